The van der Waals surface area contributed by atoms with Gasteiger partial charge in [0.25, 0.3) is 0 Å². The summed E-state index contributed by atoms with van der Waals surface area (Å²) in [6.07, 6.45) is -0.838. The van der Waals surface area contributed by atoms with Crippen LogP contribution in [0, 0.1) is 0 Å². The van der Waals surface area contributed by atoms with E-state index in [1.807, 2.05) is 37.3 Å². The van der Waals surface area contributed by atoms with Gasteiger partial charge in [0.05, 0.1) is 12.7 Å². The first-order valence-electron chi connectivity index (χ1n) is 6.52. The standard InChI is InChI=1S/C14H22O4.CO2/c1-4-12(15)13(14(16-2)17-3)18-10-11-8-6-5-7-9-11;2-1-3/h5-9,12-15H,4,10H2,1-3H3;/t12-,13-;/m0./s1. The molecule has 21 heavy (non-hydrogen) atoms. The largest absolute Gasteiger partial charge is 0.390 e. The number of hydrogen-bond acceptors (Lipinski definition) is 6. The number of aliphatic hydroxyl groups excluding tert-OH is 1. The van der Waals surface area contributed by atoms with Gasteiger partial charge in [-0.1, -0.05) is 37.3 Å². The van der Waals surface area contributed by atoms with Crippen molar-refractivity contribution in [2.24, 2.45) is 0 Å². The minimum Gasteiger partial charge on any atom is -0.390 e. The predicted molar refractivity (Wildman–Crippen MR) is 74.1 cm³/mol. The van der Waals surface area contributed by atoms with Crippen molar-refractivity contribution < 1.29 is 28.9 Å². The Morgan fingerprint density at radius 2 is 1.67 bits per heavy atom. The highest BCUT2D eigenvalue weighted by atomic mass is 16.7. The third kappa shape index (κ3) is 7.70. The topological polar surface area (TPSA) is 82.1 Å². The zero-order chi connectivity index (χ0) is 16.1. The number of benzene rings is 1. The van der Waals surface area contributed by atoms with Gasteiger partial charge in [0, 0.05) is 14.2 Å². The van der Waals surface area contributed by atoms with Gasteiger partial charge in [0.2, 0.25) is 0 Å². The van der Waals surface area contributed by atoms with Crippen molar-refractivity contribution in [3.63, 3.8) is 0 Å². The lowest BCUT2D eigenvalue weighted by Crippen LogP contribution is -2.41. The zero-order valence-electron chi connectivity index (χ0n) is 12.5. The number of rotatable bonds is 8. The van der Waals surface area contributed by atoms with Gasteiger partial charge < -0.3 is 19.3 Å². The minimum absolute atomic E-state index is 0.250. The van der Waals surface area contributed by atoms with Crippen LogP contribution in [0.25, 0.3) is 0 Å². The molecular weight excluding hydrogens is 276 g/mol. The molecule has 1 N–H and O–H groups in total. The Balaban J connectivity index is 0.00000122. The van der Waals surface area contributed by atoms with Crippen molar-refractivity contribution in [3.8, 4) is 0 Å². The van der Waals surface area contributed by atoms with Gasteiger partial charge in [-0.15, -0.1) is 0 Å². The van der Waals surface area contributed by atoms with E-state index >= 15 is 0 Å². The summed E-state index contributed by atoms with van der Waals surface area (Å²) in [5.41, 5.74) is 1.05. The summed E-state index contributed by atoms with van der Waals surface area (Å²) in [6.45, 7) is 2.32. The van der Waals surface area contributed by atoms with Crippen molar-refractivity contribution >= 4 is 6.15 Å². The average molecular weight is 298 g/mol. The summed E-state index contributed by atoms with van der Waals surface area (Å²) < 4.78 is 16.1. The van der Waals surface area contributed by atoms with E-state index in [2.05, 4.69) is 0 Å². The molecule has 0 bridgehead atoms. The first-order chi connectivity index (χ1) is 10.1. The Hall–Kier alpha value is -1.56. The SMILES string of the molecule is CC[C@H](O)[C@H](OCc1ccccc1)C(OC)OC.O=C=O. The second-order valence-electron chi connectivity index (χ2n) is 4.16. The number of methoxy groups -OCH3 is 2. The number of hydrogen-bond donors (Lipinski definition) is 1. The lowest BCUT2D eigenvalue weighted by atomic mass is 10.1. The van der Waals surface area contributed by atoms with Crippen molar-refractivity contribution in [2.75, 3.05) is 14.2 Å². The maximum Gasteiger partial charge on any atom is 0.373 e. The normalized spacial score (nSPS) is 13.0. The summed E-state index contributed by atoms with van der Waals surface area (Å²) in [4.78, 5) is 16.2. The van der Waals surface area contributed by atoms with E-state index in [1.54, 1.807) is 0 Å². The fraction of sp³-hybridized carbons (Fsp3) is 0.533. The van der Waals surface area contributed by atoms with E-state index < -0.39 is 18.5 Å². The second kappa shape index (κ2) is 12.2. The number of carbonyl (C=O) groups excluding carboxylic acids is 2. The molecule has 6 heteroatoms. The zero-order valence-corrected chi connectivity index (χ0v) is 12.5. The highest BCUT2D eigenvalue weighted by Gasteiger charge is 2.28. The molecule has 0 fully saturated rings. The summed E-state index contributed by atoms with van der Waals surface area (Å²) in [7, 11) is 3.07. The van der Waals surface area contributed by atoms with Gasteiger partial charge in [-0.05, 0) is 12.0 Å². The Bertz CT molecular complexity index is 384. The molecule has 0 amide bonds. The third-order valence-electron chi connectivity index (χ3n) is 2.82. The van der Waals surface area contributed by atoms with Gasteiger partial charge in [0.15, 0.2) is 6.29 Å². The molecule has 0 aliphatic heterocycles. The molecule has 0 radical (unpaired) electrons. The molecular formula is C15H22O6. The van der Waals surface area contributed by atoms with Crippen LogP contribution in [-0.2, 0) is 30.4 Å². The summed E-state index contributed by atoms with van der Waals surface area (Å²) in [6, 6.07) is 9.81. The van der Waals surface area contributed by atoms with Crippen LogP contribution in [0.2, 0.25) is 0 Å². The van der Waals surface area contributed by atoms with E-state index in [4.69, 9.17) is 23.8 Å². The molecule has 1 aromatic rings. The number of aliphatic hydroxyl groups is 1. The Labute approximate surface area is 124 Å². The van der Waals surface area contributed by atoms with Crippen molar-refractivity contribution in [2.45, 2.75) is 38.4 Å². The smallest absolute Gasteiger partial charge is 0.373 e. The lowest BCUT2D eigenvalue weighted by Gasteiger charge is -2.28. The van der Waals surface area contributed by atoms with Crippen LogP contribution in [0.5, 0.6) is 0 Å². The molecule has 0 saturated carbocycles. The predicted octanol–water partition coefficient (Wildman–Crippen LogP) is 1.38. The average Bonchev–Trinajstić information content (AvgIpc) is 2.52. The molecule has 0 spiro atoms. The van der Waals surface area contributed by atoms with Crippen LogP contribution < -0.4 is 0 Å². The van der Waals surface area contributed by atoms with E-state index in [1.165, 1.54) is 14.2 Å². The maximum atomic E-state index is 9.94. The first-order valence-corrected chi connectivity index (χ1v) is 6.52. The summed E-state index contributed by atoms with van der Waals surface area (Å²) in [5, 5.41) is 9.94. The molecule has 0 aliphatic rings. The summed E-state index contributed by atoms with van der Waals surface area (Å²) >= 11 is 0. The van der Waals surface area contributed by atoms with Crippen molar-refractivity contribution in [3.05, 3.63) is 35.9 Å². The van der Waals surface area contributed by atoms with E-state index in [-0.39, 0.29) is 6.15 Å². The van der Waals surface area contributed by atoms with Crippen molar-refractivity contribution in [1.82, 2.24) is 0 Å². The molecule has 0 saturated heterocycles. The third-order valence-corrected chi connectivity index (χ3v) is 2.82. The molecule has 1 aromatic carbocycles. The fourth-order valence-electron chi connectivity index (χ4n) is 1.73. The lowest BCUT2D eigenvalue weighted by molar-refractivity contribution is -0.211. The second-order valence-corrected chi connectivity index (χ2v) is 4.16. The Morgan fingerprint density at radius 1 is 1.14 bits per heavy atom. The summed E-state index contributed by atoms with van der Waals surface area (Å²) in [5.74, 6) is 0. The van der Waals surface area contributed by atoms with Crippen LogP contribution in [0.1, 0.15) is 18.9 Å². The monoisotopic (exact) mass is 298 g/mol. The van der Waals surface area contributed by atoms with E-state index in [0.29, 0.717) is 13.0 Å². The van der Waals surface area contributed by atoms with Gasteiger partial charge >= 0.3 is 6.15 Å². The highest BCUT2D eigenvalue weighted by Crippen LogP contribution is 2.14. The molecule has 0 aromatic heterocycles. The molecule has 0 heterocycles. The van der Waals surface area contributed by atoms with Crippen LogP contribution in [-0.4, -0.2) is 44.0 Å². The van der Waals surface area contributed by atoms with Crippen LogP contribution in [0.15, 0.2) is 30.3 Å². The van der Waals surface area contributed by atoms with E-state index in [9.17, 15) is 5.11 Å². The van der Waals surface area contributed by atoms with Gasteiger partial charge in [-0.25, -0.2) is 0 Å². The Morgan fingerprint density at radius 3 is 2.10 bits per heavy atom. The van der Waals surface area contributed by atoms with Gasteiger partial charge in [-0.2, -0.15) is 9.59 Å². The molecule has 6 nitrogen and oxygen atoms in total. The minimum atomic E-state index is -0.612. The van der Waals surface area contributed by atoms with Crippen molar-refractivity contribution in [1.29, 1.82) is 0 Å². The molecule has 118 valence electrons. The molecule has 2 atom stereocenters. The first kappa shape index (κ1) is 19.4. The van der Waals surface area contributed by atoms with Crippen LogP contribution >= 0.6 is 0 Å². The Kier molecular flexibility index (Phi) is 11.3. The number of ether oxygens (including phenoxy) is 3. The molecule has 0 unspecified atom stereocenters. The molecule has 1 rings (SSSR count). The van der Waals surface area contributed by atoms with Crippen LogP contribution in [0.4, 0.5) is 0 Å². The van der Waals surface area contributed by atoms with E-state index in [0.717, 1.165) is 5.56 Å². The maximum absolute atomic E-state index is 9.94. The highest BCUT2D eigenvalue weighted by molar-refractivity contribution is 5.20. The van der Waals surface area contributed by atoms with Gasteiger partial charge in [-0.3, -0.25) is 0 Å². The fourth-order valence-corrected chi connectivity index (χ4v) is 1.73. The quantitative estimate of drug-likeness (QED) is 0.730. The molecule has 0 aliphatic carbocycles. The van der Waals surface area contributed by atoms with Gasteiger partial charge in [0.1, 0.15) is 6.10 Å². The van der Waals surface area contributed by atoms with Crippen LogP contribution in [0.3, 0.4) is 0 Å².